The number of hydrogen-bond donors (Lipinski definition) is 1. The third kappa shape index (κ3) is 4.44. The van der Waals surface area contributed by atoms with Crippen LogP contribution in [-0.2, 0) is 16.4 Å². The molecule has 0 aliphatic carbocycles. The lowest BCUT2D eigenvalue weighted by Gasteiger charge is -1.99. The number of rotatable bonds is 5. The van der Waals surface area contributed by atoms with Crippen LogP contribution in [0.5, 0.6) is 0 Å². The van der Waals surface area contributed by atoms with Crippen LogP contribution >= 0.6 is 0 Å². The number of aromatic nitrogens is 1. The molecular weight excluding hydrogens is 216 g/mol. The Balaban J connectivity index is 2.32. The topological polar surface area (TPSA) is 72.2 Å². The maximum Gasteiger partial charge on any atom is 0.208 e. The summed E-state index contributed by atoms with van der Waals surface area (Å²) in [4.78, 5) is 4.17. The van der Waals surface area contributed by atoms with E-state index in [-0.39, 0.29) is 5.75 Å². The molecule has 5 nitrogen and oxygen atoms in total. The quantitative estimate of drug-likeness (QED) is 0.745. The maximum absolute atomic E-state index is 10.8. The summed E-state index contributed by atoms with van der Waals surface area (Å²) < 4.78 is 27.0. The van der Waals surface area contributed by atoms with Crippen LogP contribution in [0.4, 0.5) is 0 Å². The van der Waals surface area contributed by atoms with Gasteiger partial charge in [-0.1, -0.05) is 0 Å². The first-order valence-electron chi connectivity index (χ1n) is 4.70. The van der Waals surface area contributed by atoms with Gasteiger partial charge in [-0.25, -0.2) is 13.4 Å². The predicted molar refractivity (Wildman–Crippen MR) is 57.4 cm³/mol. The van der Waals surface area contributed by atoms with Crippen LogP contribution in [0.1, 0.15) is 17.3 Å². The number of sulfone groups is 1. The zero-order chi connectivity index (χ0) is 11.5. The van der Waals surface area contributed by atoms with Crippen molar-refractivity contribution in [2.75, 3.05) is 18.6 Å². The summed E-state index contributed by atoms with van der Waals surface area (Å²) in [6.45, 7) is 4.60. The highest BCUT2D eigenvalue weighted by atomic mass is 32.2. The van der Waals surface area contributed by atoms with Crippen molar-refractivity contribution >= 4 is 9.84 Å². The molecule has 0 spiro atoms. The van der Waals surface area contributed by atoms with Gasteiger partial charge in [0, 0.05) is 12.8 Å². The number of aryl methyl sites for hydroxylation is 2. The van der Waals surface area contributed by atoms with Crippen molar-refractivity contribution in [1.29, 1.82) is 0 Å². The van der Waals surface area contributed by atoms with E-state index in [1.165, 1.54) is 6.26 Å². The van der Waals surface area contributed by atoms with Gasteiger partial charge in [0.1, 0.15) is 15.6 Å². The van der Waals surface area contributed by atoms with Gasteiger partial charge in [-0.15, -0.1) is 0 Å². The number of hydrogen-bond acceptors (Lipinski definition) is 5. The van der Waals surface area contributed by atoms with E-state index in [0.29, 0.717) is 19.0 Å². The minimum atomic E-state index is -2.90. The zero-order valence-electron chi connectivity index (χ0n) is 9.20. The molecule has 6 heteroatoms. The lowest BCUT2D eigenvalue weighted by molar-refractivity contribution is 0.452. The largest absolute Gasteiger partial charge is 0.444 e. The van der Waals surface area contributed by atoms with E-state index in [1.807, 2.05) is 13.8 Å². The molecule has 1 aromatic rings. The summed E-state index contributed by atoms with van der Waals surface area (Å²) in [5.74, 6) is 1.53. The van der Waals surface area contributed by atoms with Gasteiger partial charge < -0.3 is 9.73 Å². The van der Waals surface area contributed by atoms with Gasteiger partial charge in [0.25, 0.3) is 0 Å². The van der Waals surface area contributed by atoms with Gasteiger partial charge in [-0.05, 0) is 13.8 Å². The second kappa shape index (κ2) is 4.76. The van der Waals surface area contributed by atoms with Gasteiger partial charge in [-0.2, -0.15) is 0 Å². The molecule has 0 radical (unpaired) electrons. The Labute approximate surface area is 89.8 Å². The Bertz CT molecular complexity index is 403. The minimum Gasteiger partial charge on any atom is -0.444 e. The molecule has 86 valence electrons. The summed E-state index contributed by atoms with van der Waals surface area (Å²) in [6, 6.07) is 0. The molecule has 1 aromatic heterocycles. The fourth-order valence-electron chi connectivity index (χ4n) is 1.07. The fraction of sp³-hybridized carbons (Fsp3) is 0.667. The van der Waals surface area contributed by atoms with E-state index < -0.39 is 9.84 Å². The molecule has 0 amide bonds. The average molecular weight is 232 g/mol. The molecule has 0 saturated heterocycles. The van der Waals surface area contributed by atoms with Crippen molar-refractivity contribution in [2.24, 2.45) is 0 Å². The van der Waals surface area contributed by atoms with E-state index in [1.54, 1.807) is 0 Å². The molecule has 0 unspecified atom stereocenters. The molecule has 1 heterocycles. The molecule has 0 aromatic carbocycles. The summed E-state index contributed by atoms with van der Waals surface area (Å²) in [7, 11) is -2.90. The van der Waals surface area contributed by atoms with Crippen molar-refractivity contribution in [2.45, 2.75) is 20.4 Å². The summed E-state index contributed by atoms with van der Waals surface area (Å²) in [5, 5.41) is 2.96. The normalized spacial score (nSPS) is 11.9. The standard InChI is InChI=1S/C9H16N2O3S/c1-7-8(2)14-9(11-7)6-10-4-5-15(3,12)13/h10H,4-6H2,1-3H3. The van der Waals surface area contributed by atoms with Crippen LogP contribution in [0.25, 0.3) is 0 Å². The van der Waals surface area contributed by atoms with Gasteiger partial charge >= 0.3 is 0 Å². The van der Waals surface area contributed by atoms with Crippen molar-refractivity contribution in [3.8, 4) is 0 Å². The highest BCUT2D eigenvalue weighted by molar-refractivity contribution is 7.90. The third-order valence-electron chi connectivity index (χ3n) is 2.00. The molecule has 15 heavy (non-hydrogen) atoms. The molecule has 0 bridgehead atoms. The van der Waals surface area contributed by atoms with Gasteiger partial charge in [0.15, 0.2) is 0 Å². The maximum atomic E-state index is 10.8. The SMILES string of the molecule is Cc1nc(CNCCS(C)(=O)=O)oc1C. The van der Waals surface area contributed by atoms with Crippen LogP contribution in [0.3, 0.4) is 0 Å². The van der Waals surface area contributed by atoms with Crippen LogP contribution < -0.4 is 5.32 Å². The highest BCUT2D eigenvalue weighted by Crippen LogP contribution is 2.07. The van der Waals surface area contributed by atoms with E-state index in [9.17, 15) is 8.42 Å². The smallest absolute Gasteiger partial charge is 0.208 e. The number of nitrogens with one attached hydrogen (secondary N) is 1. The Morgan fingerprint density at radius 1 is 1.40 bits per heavy atom. The van der Waals surface area contributed by atoms with E-state index >= 15 is 0 Å². The Hall–Kier alpha value is -0.880. The van der Waals surface area contributed by atoms with Gasteiger partial charge in [-0.3, -0.25) is 0 Å². The number of nitrogens with zero attached hydrogens (tertiary/aromatic N) is 1. The third-order valence-corrected chi connectivity index (χ3v) is 2.94. The van der Waals surface area contributed by atoms with Crippen LogP contribution in [0, 0.1) is 13.8 Å². The molecule has 0 aliphatic rings. The van der Waals surface area contributed by atoms with Gasteiger partial charge in [0.2, 0.25) is 5.89 Å². The van der Waals surface area contributed by atoms with Crippen molar-refractivity contribution in [1.82, 2.24) is 10.3 Å². The second-order valence-corrected chi connectivity index (χ2v) is 5.82. The Kier molecular flexibility index (Phi) is 3.87. The first-order valence-corrected chi connectivity index (χ1v) is 6.76. The molecular formula is C9H16N2O3S. The average Bonchev–Trinajstić information content (AvgIpc) is 2.39. The van der Waals surface area contributed by atoms with Crippen LogP contribution in [0.2, 0.25) is 0 Å². The second-order valence-electron chi connectivity index (χ2n) is 3.56. The molecule has 0 fully saturated rings. The number of oxazole rings is 1. The first kappa shape index (κ1) is 12.2. The Morgan fingerprint density at radius 3 is 2.53 bits per heavy atom. The van der Waals surface area contributed by atoms with E-state index in [0.717, 1.165) is 11.5 Å². The summed E-state index contributed by atoms with van der Waals surface area (Å²) >= 11 is 0. The van der Waals surface area contributed by atoms with Crippen LogP contribution in [0.15, 0.2) is 4.42 Å². The summed E-state index contributed by atoms with van der Waals surface area (Å²) in [6.07, 6.45) is 1.22. The van der Waals surface area contributed by atoms with Crippen molar-refractivity contribution < 1.29 is 12.8 Å². The van der Waals surface area contributed by atoms with Gasteiger partial charge in [0.05, 0.1) is 18.0 Å². The summed E-state index contributed by atoms with van der Waals surface area (Å²) in [5.41, 5.74) is 0.870. The predicted octanol–water partition coefficient (Wildman–Crippen LogP) is 0.426. The first-order chi connectivity index (χ1) is 6.88. The lowest BCUT2D eigenvalue weighted by Crippen LogP contribution is -2.22. The minimum absolute atomic E-state index is 0.131. The van der Waals surface area contributed by atoms with Crippen molar-refractivity contribution in [3.05, 3.63) is 17.3 Å². The van der Waals surface area contributed by atoms with E-state index in [2.05, 4.69) is 10.3 Å². The highest BCUT2D eigenvalue weighted by Gasteiger charge is 2.05. The monoisotopic (exact) mass is 232 g/mol. The molecule has 1 N–H and O–H groups in total. The lowest BCUT2D eigenvalue weighted by atomic mass is 10.4. The van der Waals surface area contributed by atoms with E-state index in [4.69, 9.17) is 4.42 Å². The molecule has 1 rings (SSSR count). The van der Waals surface area contributed by atoms with Crippen LogP contribution in [-0.4, -0.2) is 32.0 Å². The zero-order valence-corrected chi connectivity index (χ0v) is 10.0. The van der Waals surface area contributed by atoms with Crippen molar-refractivity contribution in [3.63, 3.8) is 0 Å². The fourth-order valence-corrected chi connectivity index (χ4v) is 1.58. The molecule has 0 saturated carbocycles. The molecule has 0 aliphatic heterocycles. The Morgan fingerprint density at radius 2 is 2.07 bits per heavy atom. The molecule has 0 atom stereocenters.